The monoisotopic (exact) mass is 283 g/mol. The zero-order valence-electron chi connectivity index (χ0n) is 8.24. The standard InChI is InChI=1S/C12H11BrClN/c13-11-9(14)6-5-8-7-3-1-2-4-10(7)15-12(8)11/h5-6,15H,1-4H2. The molecule has 1 aliphatic carbocycles. The van der Waals surface area contributed by atoms with Crippen molar-refractivity contribution in [3.05, 3.63) is 32.9 Å². The highest BCUT2D eigenvalue weighted by atomic mass is 79.9. The van der Waals surface area contributed by atoms with Crippen molar-refractivity contribution in [3.63, 3.8) is 0 Å². The summed E-state index contributed by atoms with van der Waals surface area (Å²) in [6.45, 7) is 0. The number of aryl methyl sites for hydroxylation is 2. The van der Waals surface area contributed by atoms with Crippen molar-refractivity contribution in [1.82, 2.24) is 4.98 Å². The normalized spacial score (nSPS) is 15.6. The summed E-state index contributed by atoms with van der Waals surface area (Å²) in [7, 11) is 0. The largest absolute Gasteiger partial charge is 0.357 e. The number of halogens is 2. The van der Waals surface area contributed by atoms with Crippen LogP contribution in [0.2, 0.25) is 5.02 Å². The molecule has 0 radical (unpaired) electrons. The van der Waals surface area contributed by atoms with E-state index in [1.165, 1.54) is 42.3 Å². The summed E-state index contributed by atoms with van der Waals surface area (Å²) < 4.78 is 0.996. The molecule has 0 saturated carbocycles. The Morgan fingerprint density at radius 3 is 2.87 bits per heavy atom. The molecule has 78 valence electrons. The number of fused-ring (bicyclic) bond motifs is 3. The van der Waals surface area contributed by atoms with Gasteiger partial charge < -0.3 is 4.98 Å². The van der Waals surface area contributed by atoms with Crippen LogP contribution >= 0.6 is 27.5 Å². The molecule has 1 heterocycles. The summed E-state index contributed by atoms with van der Waals surface area (Å²) in [5, 5.41) is 2.11. The SMILES string of the molecule is Clc1ccc2c3c([nH]c2c1Br)CCCC3. The number of H-pyrrole nitrogens is 1. The van der Waals surface area contributed by atoms with Crippen LogP contribution in [-0.4, -0.2) is 4.98 Å². The second kappa shape index (κ2) is 3.53. The lowest BCUT2D eigenvalue weighted by molar-refractivity contribution is 0.680. The molecule has 0 spiro atoms. The Morgan fingerprint density at radius 1 is 1.20 bits per heavy atom. The van der Waals surface area contributed by atoms with E-state index in [-0.39, 0.29) is 0 Å². The first-order chi connectivity index (χ1) is 7.27. The summed E-state index contributed by atoms with van der Waals surface area (Å²) >= 11 is 9.63. The second-order valence-electron chi connectivity index (χ2n) is 4.07. The van der Waals surface area contributed by atoms with Gasteiger partial charge in [-0.2, -0.15) is 0 Å². The van der Waals surface area contributed by atoms with Crippen molar-refractivity contribution in [2.45, 2.75) is 25.7 Å². The first-order valence-electron chi connectivity index (χ1n) is 5.25. The van der Waals surface area contributed by atoms with Crippen LogP contribution in [-0.2, 0) is 12.8 Å². The number of rotatable bonds is 0. The van der Waals surface area contributed by atoms with Gasteiger partial charge in [0.05, 0.1) is 15.0 Å². The van der Waals surface area contributed by atoms with Crippen LogP contribution in [0.3, 0.4) is 0 Å². The minimum atomic E-state index is 0.779. The van der Waals surface area contributed by atoms with Crippen LogP contribution in [0.25, 0.3) is 10.9 Å². The van der Waals surface area contributed by atoms with Gasteiger partial charge in [-0.05, 0) is 53.2 Å². The molecule has 0 aliphatic heterocycles. The van der Waals surface area contributed by atoms with Gasteiger partial charge in [0.2, 0.25) is 0 Å². The molecule has 0 amide bonds. The Balaban J connectivity index is 2.36. The smallest absolute Gasteiger partial charge is 0.0618 e. The fourth-order valence-corrected chi connectivity index (χ4v) is 3.02. The van der Waals surface area contributed by atoms with Gasteiger partial charge in [-0.3, -0.25) is 0 Å². The lowest BCUT2D eigenvalue weighted by Gasteiger charge is -2.10. The van der Waals surface area contributed by atoms with E-state index in [4.69, 9.17) is 11.6 Å². The predicted molar refractivity (Wildman–Crippen MR) is 67.7 cm³/mol. The van der Waals surface area contributed by atoms with Gasteiger partial charge >= 0.3 is 0 Å². The van der Waals surface area contributed by atoms with E-state index in [9.17, 15) is 0 Å². The van der Waals surface area contributed by atoms with Crippen LogP contribution in [0.4, 0.5) is 0 Å². The van der Waals surface area contributed by atoms with E-state index in [2.05, 4.69) is 27.0 Å². The molecular weight excluding hydrogens is 273 g/mol. The topological polar surface area (TPSA) is 15.8 Å². The average molecular weight is 285 g/mol. The Morgan fingerprint density at radius 2 is 2.00 bits per heavy atom. The molecule has 3 rings (SSSR count). The third-order valence-electron chi connectivity index (χ3n) is 3.16. The van der Waals surface area contributed by atoms with E-state index in [1.807, 2.05) is 6.07 Å². The minimum Gasteiger partial charge on any atom is -0.357 e. The Hall–Kier alpha value is -0.470. The number of nitrogens with one attached hydrogen (secondary N) is 1. The van der Waals surface area contributed by atoms with E-state index in [0.717, 1.165) is 15.0 Å². The summed E-state index contributed by atoms with van der Waals surface area (Å²) in [5.74, 6) is 0. The first-order valence-corrected chi connectivity index (χ1v) is 6.42. The summed E-state index contributed by atoms with van der Waals surface area (Å²) in [5.41, 5.74) is 4.06. The predicted octanol–water partition coefficient (Wildman–Crippen LogP) is 4.46. The van der Waals surface area contributed by atoms with Crippen molar-refractivity contribution < 1.29 is 0 Å². The van der Waals surface area contributed by atoms with Crippen molar-refractivity contribution in [2.75, 3.05) is 0 Å². The number of hydrogen-bond donors (Lipinski definition) is 1. The number of hydrogen-bond acceptors (Lipinski definition) is 0. The maximum absolute atomic E-state index is 6.08. The van der Waals surface area contributed by atoms with Crippen molar-refractivity contribution in [1.29, 1.82) is 0 Å². The average Bonchev–Trinajstić information content (AvgIpc) is 2.63. The number of aromatic amines is 1. The molecule has 3 heteroatoms. The van der Waals surface area contributed by atoms with E-state index in [1.54, 1.807) is 0 Å². The zero-order valence-corrected chi connectivity index (χ0v) is 10.6. The molecule has 0 atom stereocenters. The molecule has 1 aromatic heterocycles. The molecule has 1 N–H and O–H groups in total. The first kappa shape index (κ1) is 9.73. The maximum Gasteiger partial charge on any atom is 0.0618 e. The van der Waals surface area contributed by atoms with Gasteiger partial charge in [-0.1, -0.05) is 17.7 Å². The molecular formula is C12H11BrClN. The van der Waals surface area contributed by atoms with E-state index < -0.39 is 0 Å². The summed E-state index contributed by atoms with van der Waals surface area (Å²) in [4.78, 5) is 3.49. The molecule has 15 heavy (non-hydrogen) atoms. The number of benzene rings is 1. The van der Waals surface area contributed by atoms with Gasteiger partial charge in [0, 0.05) is 11.1 Å². The van der Waals surface area contributed by atoms with Crippen LogP contribution < -0.4 is 0 Å². The molecule has 0 fully saturated rings. The van der Waals surface area contributed by atoms with Crippen LogP contribution in [0.1, 0.15) is 24.1 Å². The highest BCUT2D eigenvalue weighted by molar-refractivity contribution is 9.10. The van der Waals surface area contributed by atoms with Crippen molar-refractivity contribution >= 4 is 38.4 Å². The molecule has 0 unspecified atom stereocenters. The van der Waals surface area contributed by atoms with E-state index in [0.29, 0.717) is 0 Å². The lowest BCUT2D eigenvalue weighted by Crippen LogP contribution is -1.99. The minimum absolute atomic E-state index is 0.779. The molecule has 1 nitrogen and oxygen atoms in total. The highest BCUT2D eigenvalue weighted by Gasteiger charge is 2.17. The Kier molecular flexibility index (Phi) is 2.29. The van der Waals surface area contributed by atoms with Gasteiger partial charge in [0.15, 0.2) is 0 Å². The summed E-state index contributed by atoms with van der Waals surface area (Å²) in [6.07, 6.45) is 4.98. The molecule has 1 aliphatic rings. The van der Waals surface area contributed by atoms with Gasteiger partial charge in [-0.25, -0.2) is 0 Å². The lowest BCUT2D eigenvalue weighted by atomic mass is 9.96. The highest BCUT2D eigenvalue weighted by Crippen LogP contribution is 2.36. The van der Waals surface area contributed by atoms with Crippen LogP contribution in [0.5, 0.6) is 0 Å². The van der Waals surface area contributed by atoms with Crippen LogP contribution in [0.15, 0.2) is 16.6 Å². The van der Waals surface area contributed by atoms with E-state index >= 15 is 0 Å². The number of aromatic nitrogens is 1. The third-order valence-corrected chi connectivity index (χ3v) is 4.53. The third kappa shape index (κ3) is 1.42. The Labute approximate surface area is 102 Å². The summed E-state index contributed by atoms with van der Waals surface area (Å²) in [6, 6.07) is 4.10. The fourth-order valence-electron chi connectivity index (χ4n) is 2.42. The molecule has 1 aromatic carbocycles. The second-order valence-corrected chi connectivity index (χ2v) is 5.27. The van der Waals surface area contributed by atoms with Gasteiger partial charge in [0.25, 0.3) is 0 Å². The quantitative estimate of drug-likeness (QED) is 0.735. The molecule has 0 saturated heterocycles. The van der Waals surface area contributed by atoms with Gasteiger partial charge in [0.1, 0.15) is 0 Å². The van der Waals surface area contributed by atoms with Crippen molar-refractivity contribution in [3.8, 4) is 0 Å². The zero-order chi connectivity index (χ0) is 10.4. The van der Waals surface area contributed by atoms with Crippen molar-refractivity contribution in [2.24, 2.45) is 0 Å². The fraction of sp³-hybridized carbons (Fsp3) is 0.333. The van der Waals surface area contributed by atoms with Gasteiger partial charge in [-0.15, -0.1) is 0 Å². The Bertz CT molecular complexity index is 530. The molecule has 2 aromatic rings. The molecule has 0 bridgehead atoms. The maximum atomic E-state index is 6.08. The van der Waals surface area contributed by atoms with Crippen LogP contribution in [0, 0.1) is 0 Å².